The number of piperidine rings is 1. The van der Waals surface area contributed by atoms with Crippen LogP contribution in [0.15, 0.2) is 12.4 Å². The van der Waals surface area contributed by atoms with E-state index in [1.54, 1.807) is 4.90 Å². The van der Waals surface area contributed by atoms with Gasteiger partial charge in [-0.05, 0) is 18.3 Å². The Labute approximate surface area is 117 Å². The normalized spacial score (nSPS) is 17.9. The molecule has 1 saturated heterocycles. The number of hydrogen-bond acceptors (Lipinski definition) is 4. The summed E-state index contributed by atoms with van der Waals surface area (Å²) in [6, 6.07) is -0.172. The maximum atomic E-state index is 12.0. The quantitative estimate of drug-likeness (QED) is 0.817. The first-order chi connectivity index (χ1) is 8.98. The van der Waals surface area contributed by atoms with E-state index in [4.69, 9.17) is 11.6 Å². The third kappa shape index (κ3) is 3.70. The van der Waals surface area contributed by atoms with Gasteiger partial charge in [-0.2, -0.15) is 0 Å². The molecule has 1 aromatic rings. The second-order valence-electron chi connectivity index (χ2n) is 5.44. The zero-order chi connectivity index (χ0) is 13.9. The highest BCUT2D eigenvalue weighted by molar-refractivity contribution is 6.31. The van der Waals surface area contributed by atoms with Crippen molar-refractivity contribution >= 4 is 23.4 Å². The lowest BCUT2D eigenvalue weighted by molar-refractivity contribution is 0.130. The van der Waals surface area contributed by atoms with Crippen LogP contribution in [0.1, 0.15) is 26.7 Å². The van der Waals surface area contributed by atoms with Crippen LogP contribution >= 0.6 is 11.6 Å². The lowest BCUT2D eigenvalue weighted by Crippen LogP contribution is -2.49. The molecular weight excluding hydrogens is 266 g/mol. The molecule has 2 amide bonds. The molecule has 0 saturated carbocycles. The first-order valence-electron chi connectivity index (χ1n) is 6.25. The number of amides is 2. The van der Waals surface area contributed by atoms with Gasteiger partial charge in [0.2, 0.25) is 0 Å². The zero-order valence-electron chi connectivity index (χ0n) is 11.1. The van der Waals surface area contributed by atoms with Crippen molar-refractivity contribution in [1.82, 2.24) is 20.3 Å². The first kappa shape index (κ1) is 13.9. The van der Waals surface area contributed by atoms with Crippen molar-refractivity contribution < 1.29 is 4.79 Å². The van der Waals surface area contributed by atoms with Gasteiger partial charge in [-0.15, -0.1) is 0 Å². The van der Waals surface area contributed by atoms with Crippen molar-refractivity contribution in [2.24, 2.45) is 5.41 Å². The van der Waals surface area contributed by atoms with E-state index in [0.29, 0.717) is 5.82 Å². The summed E-state index contributed by atoms with van der Waals surface area (Å²) in [5, 5.41) is 0.224. The van der Waals surface area contributed by atoms with Gasteiger partial charge in [-0.1, -0.05) is 25.4 Å². The molecule has 0 unspecified atom stereocenters. The molecular formula is C12H18ClN5O. The van der Waals surface area contributed by atoms with E-state index in [1.165, 1.54) is 12.4 Å². The monoisotopic (exact) mass is 283 g/mol. The number of urea groups is 1. The third-order valence-corrected chi connectivity index (χ3v) is 3.41. The number of anilines is 1. The number of hydrazine groups is 1. The fraction of sp³-hybridized carbons (Fsp3) is 0.583. The Hall–Kier alpha value is -1.56. The van der Waals surface area contributed by atoms with Crippen LogP contribution in [0.25, 0.3) is 0 Å². The van der Waals surface area contributed by atoms with Crippen LogP contribution in [0.3, 0.4) is 0 Å². The number of likely N-dealkylation sites (tertiary alicyclic amines) is 1. The van der Waals surface area contributed by atoms with Crippen molar-refractivity contribution in [3.63, 3.8) is 0 Å². The Kier molecular flexibility index (Phi) is 4.09. The average Bonchev–Trinajstić information content (AvgIpc) is 2.36. The summed E-state index contributed by atoms with van der Waals surface area (Å²) in [6.07, 6.45) is 5.15. The predicted molar refractivity (Wildman–Crippen MR) is 73.8 cm³/mol. The van der Waals surface area contributed by atoms with E-state index in [2.05, 4.69) is 34.7 Å². The molecule has 1 fully saturated rings. The molecule has 7 heteroatoms. The number of carbonyl (C=O) groups excluding carboxylic acids is 1. The highest BCUT2D eigenvalue weighted by Gasteiger charge is 2.29. The Bertz CT molecular complexity index is 465. The molecule has 104 valence electrons. The molecule has 0 radical (unpaired) electrons. The van der Waals surface area contributed by atoms with Crippen LogP contribution in [-0.2, 0) is 0 Å². The smallest absolute Gasteiger partial charge is 0.323 e. The number of nitrogens with one attached hydrogen (secondary N) is 2. The number of aromatic nitrogens is 2. The van der Waals surface area contributed by atoms with Crippen molar-refractivity contribution in [1.29, 1.82) is 0 Å². The summed E-state index contributed by atoms with van der Waals surface area (Å²) >= 11 is 5.84. The second-order valence-corrected chi connectivity index (χ2v) is 5.80. The fourth-order valence-electron chi connectivity index (χ4n) is 2.19. The van der Waals surface area contributed by atoms with E-state index in [9.17, 15) is 4.79 Å². The number of rotatable bonds is 2. The van der Waals surface area contributed by atoms with Gasteiger partial charge in [0.1, 0.15) is 0 Å². The van der Waals surface area contributed by atoms with Crippen molar-refractivity contribution in [2.45, 2.75) is 26.7 Å². The molecule has 2 rings (SSSR count). The van der Waals surface area contributed by atoms with E-state index < -0.39 is 0 Å². The lowest BCUT2D eigenvalue weighted by atomic mass is 9.84. The Balaban J connectivity index is 1.90. The lowest BCUT2D eigenvalue weighted by Gasteiger charge is -2.37. The minimum absolute atomic E-state index is 0.166. The topological polar surface area (TPSA) is 70.2 Å². The number of nitrogens with zero attached hydrogens (tertiary/aromatic N) is 3. The van der Waals surface area contributed by atoms with E-state index >= 15 is 0 Å². The van der Waals surface area contributed by atoms with Gasteiger partial charge >= 0.3 is 6.03 Å². The van der Waals surface area contributed by atoms with Crippen LogP contribution in [0.4, 0.5) is 10.6 Å². The molecule has 0 bridgehead atoms. The van der Waals surface area contributed by atoms with E-state index in [0.717, 1.165) is 25.9 Å². The first-order valence-corrected chi connectivity index (χ1v) is 6.63. The van der Waals surface area contributed by atoms with Gasteiger partial charge in [0.25, 0.3) is 0 Å². The Morgan fingerprint density at radius 2 is 2.16 bits per heavy atom. The van der Waals surface area contributed by atoms with Crippen molar-refractivity contribution in [3.05, 3.63) is 17.5 Å². The SMILES string of the molecule is CC1(C)CCCN(C(=O)NNc2nccnc2Cl)C1. The summed E-state index contributed by atoms with van der Waals surface area (Å²) < 4.78 is 0. The van der Waals surface area contributed by atoms with Crippen LogP contribution in [-0.4, -0.2) is 34.0 Å². The summed E-state index contributed by atoms with van der Waals surface area (Å²) in [6.45, 7) is 5.85. The standard InChI is InChI=1S/C12H18ClN5O/c1-12(2)4-3-7-18(8-12)11(19)17-16-10-9(13)14-5-6-15-10/h5-6H,3-4,7-8H2,1-2H3,(H,15,16)(H,17,19). The van der Waals surface area contributed by atoms with E-state index in [-0.39, 0.29) is 16.6 Å². The molecule has 1 aliphatic heterocycles. The minimum Gasteiger partial charge on any atom is -0.323 e. The molecule has 0 aromatic carbocycles. The maximum Gasteiger partial charge on any atom is 0.336 e. The van der Waals surface area contributed by atoms with Gasteiger partial charge in [0.15, 0.2) is 11.0 Å². The Morgan fingerprint density at radius 3 is 2.84 bits per heavy atom. The second kappa shape index (κ2) is 5.61. The van der Waals surface area contributed by atoms with Gasteiger partial charge in [-0.25, -0.2) is 14.8 Å². The molecule has 6 nitrogen and oxygen atoms in total. The number of hydrogen-bond donors (Lipinski definition) is 2. The largest absolute Gasteiger partial charge is 0.336 e. The summed E-state index contributed by atoms with van der Waals surface area (Å²) in [4.78, 5) is 21.7. The van der Waals surface area contributed by atoms with Crippen molar-refractivity contribution in [3.8, 4) is 0 Å². The van der Waals surface area contributed by atoms with Gasteiger partial charge in [0, 0.05) is 25.5 Å². The van der Waals surface area contributed by atoms with Crippen LogP contribution in [0, 0.1) is 5.41 Å². The average molecular weight is 284 g/mol. The molecule has 0 atom stereocenters. The minimum atomic E-state index is -0.172. The number of halogens is 1. The summed E-state index contributed by atoms with van der Waals surface area (Å²) in [5.74, 6) is 0.341. The fourth-order valence-corrected chi connectivity index (χ4v) is 2.35. The molecule has 2 heterocycles. The van der Waals surface area contributed by atoms with Gasteiger partial charge in [-0.3, -0.25) is 10.9 Å². The zero-order valence-corrected chi connectivity index (χ0v) is 11.9. The number of carbonyl (C=O) groups is 1. The molecule has 1 aromatic heterocycles. The molecule has 19 heavy (non-hydrogen) atoms. The maximum absolute atomic E-state index is 12.0. The molecule has 2 N–H and O–H groups in total. The molecule has 0 spiro atoms. The summed E-state index contributed by atoms with van der Waals surface area (Å²) in [5.41, 5.74) is 5.45. The van der Waals surface area contributed by atoms with Gasteiger partial charge < -0.3 is 4.90 Å². The van der Waals surface area contributed by atoms with E-state index in [1.807, 2.05) is 0 Å². The Morgan fingerprint density at radius 1 is 1.42 bits per heavy atom. The third-order valence-electron chi connectivity index (χ3n) is 3.13. The highest BCUT2D eigenvalue weighted by Crippen LogP contribution is 2.28. The predicted octanol–water partition coefficient (Wildman–Crippen LogP) is 2.29. The van der Waals surface area contributed by atoms with Gasteiger partial charge in [0.05, 0.1) is 0 Å². The molecule has 1 aliphatic rings. The van der Waals surface area contributed by atoms with Crippen LogP contribution in [0.2, 0.25) is 5.15 Å². The van der Waals surface area contributed by atoms with Crippen LogP contribution in [0.5, 0.6) is 0 Å². The van der Waals surface area contributed by atoms with Crippen LogP contribution < -0.4 is 10.9 Å². The summed E-state index contributed by atoms with van der Waals surface area (Å²) in [7, 11) is 0. The van der Waals surface area contributed by atoms with Crippen molar-refractivity contribution in [2.75, 3.05) is 18.5 Å². The molecule has 0 aliphatic carbocycles. The highest BCUT2D eigenvalue weighted by atomic mass is 35.5.